The van der Waals surface area contributed by atoms with Crippen molar-refractivity contribution in [1.82, 2.24) is 15.3 Å². The molecule has 0 aromatic carbocycles. The largest absolute Gasteiger partial charge is 0.444 e. The van der Waals surface area contributed by atoms with Crippen molar-refractivity contribution in [2.75, 3.05) is 13.1 Å². The van der Waals surface area contributed by atoms with Crippen LogP contribution < -0.4 is 5.32 Å². The van der Waals surface area contributed by atoms with Gasteiger partial charge in [0.15, 0.2) is 0 Å². The molecular formula is C14H21N3O6. The lowest BCUT2D eigenvalue weighted by atomic mass is 10.2. The summed E-state index contributed by atoms with van der Waals surface area (Å²) in [6.45, 7) is 6.06. The van der Waals surface area contributed by atoms with Crippen LogP contribution in [0.4, 0.5) is 9.59 Å². The van der Waals surface area contributed by atoms with E-state index in [1.54, 1.807) is 20.8 Å². The molecule has 2 rings (SSSR count). The van der Waals surface area contributed by atoms with Gasteiger partial charge in [-0.1, -0.05) is 0 Å². The second-order valence-corrected chi connectivity index (χ2v) is 6.52. The molecule has 23 heavy (non-hydrogen) atoms. The molecule has 2 heterocycles. The van der Waals surface area contributed by atoms with Crippen LogP contribution in [0.25, 0.3) is 0 Å². The molecule has 0 radical (unpaired) electrons. The minimum atomic E-state index is -0.885. The molecule has 1 N–H and O–H groups in total. The van der Waals surface area contributed by atoms with E-state index in [0.29, 0.717) is 18.0 Å². The van der Waals surface area contributed by atoms with Crippen molar-refractivity contribution < 1.29 is 28.8 Å². The maximum Gasteiger partial charge on any atom is 0.432 e. The second kappa shape index (κ2) is 6.43. The highest BCUT2D eigenvalue weighted by atomic mass is 16.7. The van der Waals surface area contributed by atoms with Crippen molar-refractivity contribution in [2.24, 2.45) is 0 Å². The number of amides is 4. The third kappa shape index (κ3) is 4.57. The predicted molar refractivity (Wildman–Crippen MR) is 76.9 cm³/mol. The Balaban J connectivity index is 1.79. The number of rotatable bonds is 2. The Hall–Kier alpha value is -2.32. The van der Waals surface area contributed by atoms with Gasteiger partial charge < -0.3 is 19.8 Å². The molecule has 2 fully saturated rings. The van der Waals surface area contributed by atoms with Gasteiger partial charge in [0.25, 0.3) is 11.8 Å². The van der Waals surface area contributed by atoms with Crippen LogP contribution in [0.1, 0.15) is 40.0 Å². The highest BCUT2D eigenvalue weighted by Gasteiger charge is 2.35. The standard InChI is InChI=1S/C14H21N3O6/c1-14(2,3)22-13(21)16-7-6-9(8-16)15-12(20)23-17-10(18)4-5-11(17)19/h9H,4-8H2,1-3H3,(H,15,20)/t9-/m0/s1. The van der Waals surface area contributed by atoms with E-state index < -0.39 is 29.6 Å². The molecule has 9 heteroatoms. The van der Waals surface area contributed by atoms with Crippen molar-refractivity contribution in [2.45, 2.75) is 51.7 Å². The van der Waals surface area contributed by atoms with Crippen LogP contribution in [0.5, 0.6) is 0 Å². The Morgan fingerprint density at radius 3 is 2.35 bits per heavy atom. The van der Waals surface area contributed by atoms with Gasteiger partial charge in [0.2, 0.25) is 0 Å². The van der Waals surface area contributed by atoms with Gasteiger partial charge in [-0.15, -0.1) is 5.06 Å². The van der Waals surface area contributed by atoms with E-state index in [0.717, 1.165) is 0 Å². The van der Waals surface area contributed by atoms with E-state index in [1.807, 2.05) is 0 Å². The highest BCUT2D eigenvalue weighted by molar-refractivity contribution is 6.01. The fraction of sp³-hybridized carbons (Fsp3) is 0.714. The van der Waals surface area contributed by atoms with Crippen LogP contribution >= 0.6 is 0 Å². The smallest absolute Gasteiger partial charge is 0.432 e. The number of ether oxygens (including phenoxy) is 1. The number of carbonyl (C=O) groups is 4. The highest BCUT2D eigenvalue weighted by Crippen LogP contribution is 2.16. The number of imide groups is 1. The summed E-state index contributed by atoms with van der Waals surface area (Å²) in [6, 6.07) is -0.317. The van der Waals surface area contributed by atoms with Gasteiger partial charge in [-0.2, -0.15) is 0 Å². The number of hydrogen-bond acceptors (Lipinski definition) is 6. The number of nitrogens with one attached hydrogen (secondary N) is 1. The summed E-state index contributed by atoms with van der Waals surface area (Å²) in [4.78, 5) is 52.6. The van der Waals surface area contributed by atoms with E-state index in [2.05, 4.69) is 5.32 Å². The first-order chi connectivity index (χ1) is 10.7. The van der Waals surface area contributed by atoms with Crippen molar-refractivity contribution >= 4 is 24.0 Å². The molecule has 0 bridgehead atoms. The average Bonchev–Trinajstić information content (AvgIpc) is 2.99. The van der Waals surface area contributed by atoms with Gasteiger partial charge in [-0.25, -0.2) is 9.59 Å². The molecule has 0 spiro atoms. The topological polar surface area (TPSA) is 105 Å². The molecule has 9 nitrogen and oxygen atoms in total. The van der Waals surface area contributed by atoms with Crippen molar-refractivity contribution in [1.29, 1.82) is 0 Å². The summed E-state index contributed by atoms with van der Waals surface area (Å²) in [5, 5.41) is 3.02. The molecule has 0 unspecified atom stereocenters. The lowest BCUT2D eigenvalue weighted by Gasteiger charge is -2.24. The fourth-order valence-electron chi connectivity index (χ4n) is 2.30. The van der Waals surface area contributed by atoms with E-state index >= 15 is 0 Å². The van der Waals surface area contributed by atoms with Crippen LogP contribution in [0, 0.1) is 0 Å². The summed E-state index contributed by atoms with van der Waals surface area (Å²) in [5.41, 5.74) is -0.585. The lowest BCUT2D eigenvalue weighted by Crippen LogP contribution is -2.43. The van der Waals surface area contributed by atoms with Gasteiger partial charge >= 0.3 is 12.2 Å². The quantitative estimate of drug-likeness (QED) is 0.752. The zero-order chi connectivity index (χ0) is 17.2. The zero-order valence-corrected chi connectivity index (χ0v) is 13.5. The average molecular weight is 327 g/mol. The Bertz CT molecular complexity index is 511. The number of hydroxylamine groups is 2. The van der Waals surface area contributed by atoms with Crippen LogP contribution in [0.3, 0.4) is 0 Å². The first-order valence-electron chi connectivity index (χ1n) is 7.48. The Kier molecular flexibility index (Phi) is 4.76. The maximum absolute atomic E-state index is 11.9. The van der Waals surface area contributed by atoms with Gasteiger partial charge in [0.1, 0.15) is 5.60 Å². The molecule has 0 aromatic heterocycles. The molecule has 2 saturated heterocycles. The van der Waals surface area contributed by atoms with Crippen molar-refractivity contribution in [3.05, 3.63) is 0 Å². The normalized spacial score (nSPS) is 21.6. The second-order valence-electron chi connectivity index (χ2n) is 6.52. The lowest BCUT2D eigenvalue weighted by molar-refractivity contribution is -0.171. The fourth-order valence-corrected chi connectivity index (χ4v) is 2.30. The minimum absolute atomic E-state index is 0.0436. The van der Waals surface area contributed by atoms with Crippen LogP contribution in [0.15, 0.2) is 0 Å². The monoisotopic (exact) mass is 327 g/mol. The summed E-state index contributed by atoms with van der Waals surface area (Å²) in [6.07, 6.45) is -0.704. The van der Waals surface area contributed by atoms with Crippen molar-refractivity contribution in [3.8, 4) is 0 Å². The summed E-state index contributed by atoms with van der Waals surface area (Å²) in [7, 11) is 0. The van der Waals surface area contributed by atoms with Gasteiger partial charge in [-0.3, -0.25) is 9.59 Å². The maximum atomic E-state index is 11.9. The first-order valence-corrected chi connectivity index (χ1v) is 7.48. The number of carbonyl (C=O) groups excluding carboxylic acids is 4. The Morgan fingerprint density at radius 1 is 1.17 bits per heavy atom. The third-order valence-corrected chi connectivity index (χ3v) is 3.34. The van der Waals surface area contributed by atoms with Crippen molar-refractivity contribution in [3.63, 3.8) is 0 Å². The van der Waals surface area contributed by atoms with E-state index in [9.17, 15) is 19.2 Å². The molecule has 4 amide bonds. The molecule has 128 valence electrons. The third-order valence-electron chi connectivity index (χ3n) is 3.34. The molecule has 0 aliphatic carbocycles. The summed E-state index contributed by atoms with van der Waals surface area (Å²) < 4.78 is 5.26. The number of hydrogen-bond donors (Lipinski definition) is 1. The number of likely N-dealkylation sites (tertiary alicyclic amines) is 1. The van der Waals surface area contributed by atoms with Gasteiger partial charge in [0.05, 0.1) is 6.04 Å². The van der Waals surface area contributed by atoms with Gasteiger partial charge in [-0.05, 0) is 27.2 Å². The van der Waals surface area contributed by atoms with Crippen LogP contribution in [0.2, 0.25) is 0 Å². The van der Waals surface area contributed by atoms with Crippen LogP contribution in [-0.2, 0) is 19.2 Å². The SMILES string of the molecule is CC(C)(C)OC(=O)N1CC[C@H](NC(=O)ON2C(=O)CCC2=O)C1. The minimum Gasteiger partial charge on any atom is -0.444 e. The van der Waals surface area contributed by atoms with E-state index in [-0.39, 0.29) is 25.4 Å². The van der Waals surface area contributed by atoms with Gasteiger partial charge in [0, 0.05) is 25.9 Å². The molecule has 1 atom stereocenters. The summed E-state index contributed by atoms with van der Waals surface area (Å²) >= 11 is 0. The molecular weight excluding hydrogens is 306 g/mol. The zero-order valence-electron chi connectivity index (χ0n) is 13.5. The Morgan fingerprint density at radius 2 is 1.78 bits per heavy atom. The van der Waals surface area contributed by atoms with E-state index in [1.165, 1.54) is 4.90 Å². The molecule has 0 saturated carbocycles. The number of nitrogens with zero attached hydrogens (tertiary/aromatic N) is 2. The predicted octanol–water partition coefficient (Wildman–Crippen LogP) is 0.786. The Labute approximate surface area is 133 Å². The molecule has 2 aliphatic heterocycles. The van der Waals surface area contributed by atoms with E-state index in [4.69, 9.17) is 9.57 Å². The molecule has 0 aromatic rings. The molecule has 2 aliphatic rings. The summed E-state index contributed by atoms with van der Waals surface area (Å²) in [5.74, 6) is -1.07. The first kappa shape index (κ1) is 17.0. The van der Waals surface area contributed by atoms with Crippen LogP contribution in [-0.4, -0.2) is 58.7 Å².